The monoisotopic (exact) mass is 297 g/mol. The minimum Gasteiger partial charge on any atom is -0.310 e. The lowest BCUT2D eigenvalue weighted by molar-refractivity contribution is 0.315. The number of unbranched alkanes of at least 4 members (excludes halogenated alkanes) is 1. The quantitative estimate of drug-likeness (QED) is 0.632. The van der Waals surface area contributed by atoms with Crippen LogP contribution in [0.25, 0.3) is 0 Å². The molecule has 0 spiro atoms. The molecular formula is C18H29F2N. The minimum atomic E-state index is -0.466. The van der Waals surface area contributed by atoms with Gasteiger partial charge >= 0.3 is 0 Å². The van der Waals surface area contributed by atoms with E-state index < -0.39 is 11.6 Å². The summed E-state index contributed by atoms with van der Waals surface area (Å²) in [6, 6.07) is 2.67. The molecule has 21 heavy (non-hydrogen) atoms. The molecule has 1 aromatic rings. The van der Waals surface area contributed by atoms with E-state index in [9.17, 15) is 8.78 Å². The second kappa shape index (κ2) is 9.14. The summed E-state index contributed by atoms with van der Waals surface area (Å²) in [5.41, 5.74) is 1.13. The number of halogens is 2. The van der Waals surface area contributed by atoms with E-state index in [-0.39, 0.29) is 6.04 Å². The molecule has 0 aliphatic carbocycles. The van der Waals surface area contributed by atoms with Crippen molar-refractivity contribution in [2.24, 2.45) is 5.92 Å². The molecule has 0 aliphatic rings. The van der Waals surface area contributed by atoms with Crippen LogP contribution in [0.15, 0.2) is 12.1 Å². The zero-order valence-corrected chi connectivity index (χ0v) is 13.8. The van der Waals surface area contributed by atoms with Gasteiger partial charge in [-0.3, -0.25) is 0 Å². The van der Waals surface area contributed by atoms with Crippen molar-refractivity contribution in [3.05, 3.63) is 34.9 Å². The Labute approximate surface area is 128 Å². The van der Waals surface area contributed by atoms with E-state index >= 15 is 0 Å². The smallest absolute Gasteiger partial charge is 0.130 e. The molecule has 0 fully saturated rings. The molecule has 0 heterocycles. The lowest BCUT2D eigenvalue weighted by Crippen LogP contribution is -2.30. The van der Waals surface area contributed by atoms with Gasteiger partial charge in [0.25, 0.3) is 0 Å². The fourth-order valence-corrected chi connectivity index (χ4v) is 2.82. The topological polar surface area (TPSA) is 12.0 Å². The number of benzene rings is 1. The third-order valence-corrected chi connectivity index (χ3v) is 4.15. The summed E-state index contributed by atoms with van der Waals surface area (Å²) in [7, 11) is 0. The number of hydrogen-bond donors (Lipinski definition) is 1. The summed E-state index contributed by atoms with van der Waals surface area (Å²) in [6.45, 7) is 8.97. The highest BCUT2D eigenvalue weighted by Crippen LogP contribution is 2.31. The maximum Gasteiger partial charge on any atom is 0.130 e. The second-order valence-corrected chi connectivity index (χ2v) is 5.87. The van der Waals surface area contributed by atoms with Crippen LogP contribution in [0.3, 0.4) is 0 Å². The molecule has 2 unspecified atom stereocenters. The van der Waals surface area contributed by atoms with E-state index in [2.05, 4.69) is 26.1 Å². The van der Waals surface area contributed by atoms with E-state index in [0.717, 1.165) is 44.7 Å². The van der Waals surface area contributed by atoms with Crippen LogP contribution in [0.2, 0.25) is 0 Å². The highest BCUT2D eigenvalue weighted by Gasteiger charge is 2.24. The second-order valence-electron chi connectivity index (χ2n) is 5.87. The van der Waals surface area contributed by atoms with Crippen molar-refractivity contribution in [3.63, 3.8) is 0 Å². The molecule has 1 N–H and O–H groups in total. The van der Waals surface area contributed by atoms with Crippen LogP contribution < -0.4 is 5.32 Å². The number of hydrogen-bond acceptors (Lipinski definition) is 1. The Morgan fingerprint density at radius 3 is 2.33 bits per heavy atom. The molecule has 3 heteroatoms. The standard InChI is InChI=1S/C18H29F2N/c1-5-8-9-14(7-3)18(21-10-6-2)15-11-13(4)16(19)12-17(15)20/h11-12,14,18,21H,5-10H2,1-4H3. The van der Waals surface area contributed by atoms with Crippen molar-refractivity contribution in [2.45, 2.75) is 65.8 Å². The lowest BCUT2D eigenvalue weighted by Gasteiger charge is -2.28. The molecule has 0 amide bonds. The molecule has 0 bridgehead atoms. The normalized spacial score (nSPS) is 14.2. The van der Waals surface area contributed by atoms with Crippen LogP contribution in [0.5, 0.6) is 0 Å². The van der Waals surface area contributed by atoms with Crippen LogP contribution in [-0.2, 0) is 0 Å². The fraction of sp³-hybridized carbons (Fsp3) is 0.667. The molecule has 1 rings (SSSR count). The van der Waals surface area contributed by atoms with Gasteiger partial charge in [-0.25, -0.2) is 8.78 Å². The molecule has 120 valence electrons. The predicted molar refractivity (Wildman–Crippen MR) is 85.4 cm³/mol. The number of rotatable bonds is 9. The Morgan fingerprint density at radius 1 is 1.05 bits per heavy atom. The molecule has 0 aliphatic heterocycles. The number of nitrogens with one attached hydrogen (secondary N) is 1. The zero-order chi connectivity index (χ0) is 15.8. The van der Waals surface area contributed by atoms with Crippen LogP contribution >= 0.6 is 0 Å². The first-order chi connectivity index (χ1) is 10.0. The van der Waals surface area contributed by atoms with Crippen LogP contribution in [0.1, 0.15) is 70.0 Å². The van der Waals surface area contributed by atoms with Crippen molar-refractivity contribution in [2.75, 3.05) is 6.54 Å². The SMILES string of the molecule is CCCCC(CC)C(NCCC)c1cc(C)c(F)cc1F. The highest BCUT2D eigenvalue weighted by molar-refractivity contribution is 5.28. The Morgan fingerprint density at radius 2 is 1.76 bits per heavy atom. The first-order valence-electron chi connectivity index (χ1n) is 8.23. The predicted octanol–water partition coefficient (Wildman–Crippen LogP) is 5.53. The van der Waals surface area contributed by atoms with Crippen LogP contribution in [0, 0.1) is 24.5 Å². The Kier molecular flexibility index (Phi) is 7.87. The van der Waals surface area contributed by atoms with E-state index in [0.29, 0.717) is 17.0 Å². The summed E-state index contributed by atoms with van der Waals surface area (Å²) in [5.74, 6) is -0.510. The molecule has 0 saturated heterocycles. The molecule has 0 aromatic heterocycles. The third-order valence-electron chi connectivity index (χ3n) is 4.15. The van der Waals surface area contributed by atoms with Gasteiger partial charge in [0, 0.05) is 17.7 Å². The van der Waals surface area contributed by atoms with Gasteiger partial charge in [0.15, 0.2) is 0 Å². The van der Waals surface area contributed by atoms with E-state index in [1.807, 2.05) is 0 Å². The van der Waals surface area contributed by atoms with Crippen LogP contribution in [-0.4, -0.2) is 6.54 Å². The summed E-state index contributed by atoms with van der Waals surface area (Å²) in [5, 5.41) is 3.47. The van der Waals surface area contributed by atoms with Gasteiger partial charge in [0.1, 0.15) is 11.6 Å². The molecule has 2 atom stereocenters. The highest BCUT2D eigenvalue weighted by atomic mass is 19.1. The van der Waals surface area contributed by atoms with Crippen molar-refractivity contribution >= 4 is 0 Å². The Hall–Kier alpha value is -0.960. The van der Waals surface area contributed by atoms with Gasteiger partial charge < -0.3 is 5.32 Å². The summed E-state index contributed by atoms with van der Waals surface area (Å²) in [4.78, 5) is 0. The average molecular weight is 297 g/mol. The maximum absolute atomic E-state index is 14.2. The molecule has 0 saturated carbocycles. The Balaban J connectivity index is 3.07. The van der Waals surface area contributed by atoms with Crippen molar-refractivity contribution < 1.29 is 8.78 Å². The van der Waals surface area contributed by atoms with E-state index in [1.54, 1.807) is 13.0 Å². The van der Waals surface area contributed by atoms with Crippen molar-refractivity contribution in [1.29, 1.82) is 0 Å². The first kappa shape index (κ1) is 18.1. The molecule has 1 nitrogen and oxygen atoms in total. The molecular weight excluding hydrogens is 268 g/mol. The zero-order valence-electron chi connectivity index (χ0n) is 13.8. The van der Waals surface area contributed by atoms with Gasteiger partial charge in [0.05, 0.1) is 0 Å². The van der Waals surface area contributed by atoms with Crippen molar-refractivity contribution in [1.82, 2.24) is 5.32 Å². The molecule has 0 radical (unpaired) electrons. The third kappa shape index (κ3) is 5.06. The van der Waals surface area contributed by atoms with Crippen molar-refractivity contribution in [3.8, 4) is 0 Å². The largest absolute Gasteiger partial charge is 0.310 e. The summed E-state index contributed by atoms with van der Waals surface area (Å²) in [6.07, 6.45) is 5.36. The van der Waals surface area contributed by atoms with Gasteiger partial charge in [0.2, 0.25) is 0 Å². The van der Waals surface area contributed by atoms with Crippen LogP contribution in [0.4, 0.5) is 8.78 Å². The summed E-state index contributed by atoms with van der Waals surface area (Å²) < 4.78 is 27.7. The summed E-state index contributed by atoms with van der Waals surface area (Å²) >= 11 is 0. The van der Waals surface area contributed by atoms with E-state index in [4.69, 9.17) is 0 Å². The Bertz CT molecular complexity index is 431. The van der Waals surface area contributed by atoms with Gasteiger partial charge in [-0.1, -0.05) is 40.0 Å². The van der Waals surface area contributed by atoms with Gasteiger partial charge in [-0.15, -0.1) is 0 Å². The van der Waals surface area contributed by atoms with Gasteiger partial charge in [-0.05, 0) is 43.9 Å². The fourth-order valence-electron chi connectivity index (χ4n) is 2.82. The van der Waals surface area contributed by atoms with Gasteiger partial charge in [-0.2, -0.15) is 0 Å². The van der Waals surface area contributed by atoms with E-state index in [1.165, 1.54) is 0 Å². The first-order valence-corrected chi connectivity index (χ1v) is 8.23. The lowest BCUT2D eigenvalue weighted by atomic mass is 9.86. The average Bonchev–Trinajstić information content (AvgIpc) is 2.47. The maximum atomic E-state index is 14.2. The minimum absolute atomic E-state index is 0.0270. The molecule has 1 aromatic carbocycles. The number of aryl methyl sites for hydroxylation is 1.